The summed E-state index contributed by atoms with van der Waals surface area (Å²) in [5, 5.41) is 24.6. The first-order valence-electron chi connectivity index (χ1n) is 7.70. The van der Waals surface area contributed by atoms with Crippen molar-refractivity contribution in [3.8, 4) is 6.07 Å². The predicted molar refractivity (Wildman–Crippen MR) is 100 cm³/mol. The zero-order chi connectivity index (χ0) is 17.9. The summed E-state index contributed by atoms with van der Waals surface area (Å²) in [7, 11) is 0. The highest BCUT2D eigenvalue weighted by atomic mass is 35.5. The van der Waals surface area contributed by atoms with Gasteiger partial charge >= 0.3 is 0 Å². The van der Waals surface area contributed by atoms with Crippen molar-refractivity contribution < 1.29 is 4.79 Å². The average molecular weight is 394 g/mol. The number of hydrogen-bond donors (Lipinski definition) is 2. The Morgan fingerprint density at radius 1 is 1.52 bits per heavy atom. The normalized spacial score (nSPS) is 15.9. The van der Waals surface area contributed by atoms with Gasteiger partial charge in [-0.2, -0.15) is 5.26 Å². The molecule has 1 aromatic heterocycles. The quantitative estimate of drug-likeness (QED) is 0.694. The maximum absolute atomic E-state index is 12.1. The molecular formula is C16H16ClN5OS2. The molecule has 1 aliphatic rings. The van der Waals surface area contributed by atoms with Crippen molar-refractivity contribution in [2.24, 2.45) is 5.92 Å². The van der Waals surface area contributed by atoms with Gasteiger partial charge in [0, 0.05) is 10.7 Å². The third kappa shape index (κ3) is 4.84. The minimum absolute atomic E-state index is 0.166. The van der Waals surface area contributed by atoms with Crippen LogP contribution >= 0.6 is 34.7 Å². The van der Waals surface area contributed by atoms with Crippen LogP contribution in [0.4, 0.5) is 10.8 Å². The van der Waals surface area contributed by atoms with E-state index in [1.807, 2.05) is 12.1 Å². The molecule has 9 heteroatoms. The molecule has 0 radical (unpaired) electrons. The van der Waals surface area contributed by atoms with Crippen LogP contribution in [0.15, 0.2) is 28.6 Å². The zero-order valence-corrected chi connectivity index (χ0v) is 15.8. The lowest BCUT2D eigenvalue weighted by Gasteiger charge is -2.22. The Hall–Kier alpha value is -1.82. The first kappa shape index (κ1) is 18.0. The van der Waals surface area contributed by atoms with Gasteiger partial charge in [0.2, 0.25) is 11.0 Å². The van der Waals surface area contributed by atoms with Crippen LogP contribution in [0.1, 0.15) is 19.8 Å². The van der Waals surface area contributed by atoms with E-state index in [4.69, 9.17) is 11.6 Å². The van der Waals surface area contributed by atoms with Crippen molar-refractivity contribution in [3.63, 3.8) is 0 Å². The Balaban J connectivity index is 1.51. The van der Waals surface area contributed by atoms with Crippen LogP contribution in [0.25, 0.3) is 0 Å². The number of benzene rings is 1. The molecule has 130 valence electrons. The van der Waals surface area contributed by atoms with E-state index in [2.05, 4.69) is 26.9 Å². The number of nitrogens with one attached hydrogen (secondary N) is 2. The Kier molecular flexibility index (Phi) is 5.47. The molecule has 0 unspecified atom stereocenters. The Bertz CT molecular complexity index is 817. The SMILES string of the molecule is C[C@@](C#N)(NC(=O)CSc1nnc(Nc2cccc(Cl)c2)s1)C1CC1. The maximum Gasteiger partial charge on any atom is 0.231 e. The fourth-order valence-corrected chi connectivity index (χ4v) is 4.11. The van der Waals surface area contributed by atoms with Crippen molar-refractivity contribution >= 4 is 51.4 Å². The Labute approximate surface area is 159 Å². The average Bonchev–Trinajstić information content (AvgIpc) is 3.35. The molecule has 0 bridgehead atoms. The summed E-state index contributed by atoms with van der Waals surface area (Å²) in [6.07, 6.45) is 1.98. The topological polar surface area (TPSA) is 90.7 Å². The monoisotopic (exact) mass is 393 g/mol. The molecule has 25 heavy (non-hydrogen) atoms. The number of halogens is 1. The number of thioether (sulfide) groups is 1. The van der Waals surface area contributed by atoms with Gasteiger partial charge in [0.05, 0.1) is 11.8 Å². The van der Waals surface area contributed by atoms with Crippen LogP contribution < -0.4 is 10.6 Å². The molecule has 1 amide bonds. The van der Waals surface area contributed by atoms with Crippen LogP contribution in [0.3, 0.4) is 0 Å². The fraction of sp³-hybridized carbons (Fsp3) is 0.375. The van der Waals surface area contributed by atoms with Gasteiger partial charge in [-0.25, -0.2) is 0 Å². The van der Waals surface area contributed by atoms with Crippen LogP contribution in [-0.4, -0.2) is 27.4 Å². The van der Waals surface area contributed by atoms with Gasteiger partial charge < -0.3 is 10.6 Å². The molecule has 1 atom stereocenters. The second kappa shape index (κ2) is 7.60. The van der Waals surface area contributed by atoms with Crippen LogP contribution in [-0.2, 0) is 4.79 Å². The molecule has 0 spiro atoms. The van der Waals surface area contributed by atoms with E-state index < -0.39 is 5.54 Å². The Morgan fingerprint density at radius 3 is 3.00 bits per heavy atom. The minimum Gasteiger partial charge on any atom is -0.337 e. The van der Waals surface area contributed by atoms with Gasteiger partial charge in [-0.15, -0.1) is 10.2 Å². The number of amides is 1. The molecule has 1 heterocycles. The molecule has 6 nitrogen and oxygen atoms in total. The summed E-state index contributed by atoms with van der Waals surface area (Å²) >= 11 is 8.61. The fourth-order valence-electron chi connectivity index (χ4n) is 2.34. The molecule has 0 aliphatic heterocycles. The van der Waals surface area contributed by atoms with Gasteiger partial charge in [0.15, 0.2) is 4.34 Å². The molecule has 1 aliphatic carbocycles. The molecule has 1 fully saturated rings. The van der Waals surface area contributed by atoms with E-state index in [1.165, 1.54) is 23.1 Å². The number of hydrogen-bond acceptors (Lipinski definition) is 7. The van der Waals surface area contributed by atoms with Crippen molar-refractivity contribution in [2.75, 3.05) is 11.1 Å². The number of anilines is 2. The van der Waals surface area contributed by atoms with Crippen molar-refractivity contribution in [1.82, 2.24) is 15.5 Å². The smallest absolute Gasteiger partial charge is 0.231 e. The van der Waals surface area contributed by atoms with Gasteiger partial charge in [0.1, 0.15) is 5.54 Å². The summed E-state index contributed by atoms with van der Waals surface area (Å²) in [4.78, 5) is 12.1. The molecular weight excluding hydrogens is 378 g/mol. The lowest BCUT2D eigenvalue weighted by Crippen LogP contribution is -2.47. The van der Waals surface area contributed by atoms with Crippen molar-refractivity contribution in [1.29, 1.82) is 5.26 Å². The second-order valence-corrected chi connectivity index (χ2v) is 8.57. The third-order valence-corrected chi connectivity index (χ3v) is 6.04. The van der Waals surface area contributed by atoms with E-state index in [1.54, 1.807) is 19.1 Å². The van der Waals surface area contributed by atoms with Crippen LogP contribution in [0, 0.1) is 17.2 Å². The van der Waals surface area contributed by atoms with Crippen LogP contribution in [0.5, 0.6) is 0 Å². The van der Waals surface area contributed by atoms with Crippen molar-refractivity contribution in [2.45, 2.75) is 29.6 Å². The number of carbonyl (C=O) groups is 1. The molecule has 1 saturated carbocycles. The van der Waals surface area contributed by atoms with E-state index in [0.29, 0.717) is 14.5 Å². The van der Waals surface area contributed by atoms with E-state index >= 15 is 0 Å². The number of nitrogens with zero attached hydrogens (tertiary/aromatic N) is 3. The number of carbonyl (C=O) groups excluding carboxylic acids is 1. The van der Waals surface area contributed by atoms with E-state index in [0.717, 1.165) is 18.5 Å². The summed E-state index contributed by atoms with van der Waals surface area (Å²) in [6, 6.07) is 9.54. The minimum atomic E-state index is -0.766. The van der Waals surface area contributed by atoms with Gasteiger partial charge in [0.25, 0.3) is 0 Å². The molecule has 2 aromatic rings. The highest BCUT2D eigenvalue weighted by molar-refractivity contribution is 8.01. The largest absolute Gasteiger partial charge is 0.337 e. The van der Waals surface area contributed by atoms with Gasteiger partial charge in [-0.1, -0.05) is 40.8 Å². The lowest BCUT2D eigenvalue weighted by atomic mass is 9.98. The standard InChI is InChI=1S/C16H16ClN5OS2/c1-16(9-18,10-5-6-10)20-13(23)8-24-15-22-21-14(25-15)19-12-4-2-3-11(17)7-12/h2-4,7,10H,5-6,8H2,1H3,(H,19,21)(H,20,23)/t16-/m0/s1. The summed E-state index contributed by atoms with van der Waals surface area (Å²) in [5.74, 6) is 0.303. The van der Waals surface area contributed by atoms with Crippen molar-refractivity contribution in [3.05, 3.63) is 29.3 Å². The van der Waals surface area contributed by atoms with Gasteiger partial charge in [-0.05, 0) is 43.9 Å². The second-order valence-electron chi connectivity index (χ2n) is 5.93. The van der Waals surface area contributed by atoms with E-state index in [-0.39, 0.29) is 17.6 Å². The maximum atomic E-state index is 12.1. The summed E-state index contributed by atoms with van der Waals surface area (Å²) in [5.41, 5.74) is 0.0603. The van der Waals surface area contributed by atoms with E-state index in [9.17, 15) is 10.1 Å². The summed E-state index contributed by atoms with van der Waals surface area (Å²) < 4.78 is 0.685. The molecule has 1 aromatic carbocycles. The molecule has 0 saturated heterocycles. The molecule has 2 N–H and O–H groups in total. The number of rotatable bonds is 7. The number of aromatic nitrogens is 2. The highest BCUT2D eigenvalue weighted by Gasteiger charge is 2.42. The first-order chi connectivity index (χ1) is 12.0. The number of nitriles is 1. The Morgan fingerprint density at radius 2 is 2.32 bits per heavy atom. The highest BCUT2D eigenvalue weighted by Crippen LogP contribution is 2.39. The third-order valence-electron chi connectivity index (χ3n) is 3.83. The summed E-state index contributed by atoms with van der Waals surface area (Å²) in [6.45, 7) is 1.78. The molecule has 3 rings (SSSR count). The first-order valence-corrected chi connectivity index (χ1v) is 9.88. The van der Waals surface area contributed by atoms with Gasteiger partial charge in [-0.3, -0.25) is 4.79 Å². The lowest BCUT2D eigenvalue weighted by molar-refractivity contribution is -0.119. The van der Waals surface area contributed by atoms with Crippen LogP contribution in [0.2, 0.25) is 5.02 Å². The predicted octanol–water partition coefficient (Wildman–Crippen LogP) is 3.84. The zero-order valence-electron chi connectivity index (χ0n) is 13.5.